The average Bonchev–Trinajstić information content (AvgIpc) is 2.71. The number of rotatable bonds is 1. The topological polar surface area (TPSA) is 39.3 Å². The monoisotopic (exact) mass is 394 g/mol. The summed E-state index contributed by atoms with van der Waals surface area (Å²) in [6, 6.07) is 0.819. The van der Waals surface area contributed by atoms with E-state index < -0.39 is 0 Å². The molecule has 1 aliphatic carbocycles. The van der Waals surface area contributed by atoms with Crippen LogP contribution in [0.5, 0.6) is 0 Å². The molecule has 4 heteroatoms. The van der Waals surface area contributed by atoms with E-state index in [1.165, 1.54) is 116 Å². The Morgan fingerprint density at radius 2 is 0.857 bits per heavy atom. The molecule has 0 atom stereocenters. The van der Waals surface area contributed by atoms with Crippen LogP contribution < -0.4 is 16.0 Å². The van der Waals surface area contributed by atoms with Gasteiger partial charge in [0.25, 0.3) is 0 Å². The summed E-state index contributed by atoms with van der Waals surface area (Å²) in [4.78, 5) is 2.85. The van der Waals surface area contributed by atoms with Gasteiger partial charge in [0, 0.05) is 32.2 Å². The van der Waals surface area contributed by atoms with E-state index in [1.54, 1.807) is 0 Å². The van der Waals surface area contributed by atoms with Crippen LogP contribution in [0.3, 0.4) is 0 Å². The highest BCUT2D eigenvalue weighted by atomic mass is 15.2. The third kappa shape index (κ3) is 12.4. The Morgan fingerprint density at radius 1 is 0.393 bits per heavy atom. The largest absolute Gasteiger partial charge is 0.315 e. The molecule has 0 aromatic rings. The number of nitrogens with zero attached hydrogens (tertiary/aromatic N) is 1. The molecule has 0 aromatic heterocycles. The van der Waals surface area contributed by atoms with Crippen LogP contribution in [0.4, 0.5) is 0 Å². The number of hydrogen-bond donors (Lipinski definition) is 3. The summed E-state index contributed by atoms with van der Waals surface area (Å²) in [6.07, 6.45) is 21.5. The van der Waals surface area contributed by atoms with Crippen LogP contribution in [0.15, 0.2) is 0 Å². The molecule has 1 saturated heterocycles. The second-order valence-electron chi connectivity index (χ2n) is 9.11. The Labute approximate surface area is 176 Å². The lowest BCUT2D eigenvalue weighted by Crippen LogP contribution is -2.42. The lowest BCUT2D eigenvalue weighted by Gasteiger charge is -2.32. The van der Waals surface area contributed by atoms with Gasteiger partial charge in [0.05, 0.1) is 0 Å². The van der Waals surface area contributed by atoms with Crippen molar-refractivity contribution < 1.29 is 0 Å². The first-order valence-electron chi connectivity index (χ1n) is 12.8. The smallest absolute Gasteiger partial charge is 0.0110 e. The van der Waals surface area contributed by atoms with Gasteiger partial charge in [-0.25, -0.2) is 0 Å². The fourth-order valence-corrected chi connectivity index (χ4v) is 4.86. The molecule has 1 saturated carbocycles. The van der Waals surface area contributed by atoms with E-state index in [0.29, 0.717) is 0 Å². The minimum atomic E-state index is 0.819. The second-order valence-corrected chi connectivity index (χ2v) is 9.11. The van der Waals surface area contributed by atoms with E-state index in [4.69, 9.17) is 0 Å². The van der Waals surface area contributed by atoms with Gasteiger partial charge in [-0.15, -0.1) is 0 Å². The Bertz CT molecular complexity index is 277. The molecule has 1 aliphatic heterocycles. The van der Waals surface area contributed by atoms with Gasteiger partial charge in [-0.05, 0) is 51.9 Å². The highest BCUT2D eigenvalue weighted by molar-refractivity contribution is 4.74. The molecule has 4 nitrogen and oxygen atoms in total. The van der Waals surface area contributed by atoms with Crippen molar-refractivity contribution in [1.29, 1.82) is 0 Å². The predicted molar refractivity (Wildman–Crippen MR) is 123 cm³/mol. The van der Waals surface area contributed by atoms with Gasteiger partial charge >= 0.3 is 0 Å². The summed E-state index contributed by atoms with van der Waals surface area (Å²) < 4.78 is 0. The van der Waals surface area contributed by atoms with Crippen molar-refractivity contribution in [2.45, 2.75) is 102 Å². The Morgan fingerprint density at radius 3 is 1.43 bits per heavy atom. The highest BCUT2D eigenvalue weighted by Gasteiger charge is 2.17. The van der Waals surface area contributed by atoms with Crippen LogP contribution >= 0.6 is 0 Å². The molecule has 0 aromatic carbocycles. The minimum absolute atomic E-state index is 0.819. The number of hydrogen-bond acceptors (Lipinski definition) is 4. The van der Waals surface area contributed by atoms with Crippen molar-refractivity contribution >= 4 is 0 Å². The van der Waals surface area contributed by atoms with Gasteiger partial charge in [0.1, 0.15) is 0 Å². The summed E-state index contributed by atoms with van der Waals surface area (Å²) in [5, 5.41) is 10.8. The van der Waals surface area contributed by atoms with E-state index in [-0.39, 0.29) is 0 Å². The fraction of sp³-hybridized carbons (Fsp3) is 1.00. The van der Waals surface area contributed by atoms with Gasteiger partial charge in [0.2, 0.25) is 0 Å². The van der Waals surface area contributed by atoms with E-state index in [0.717, 1.165) is 38.8 Å². The maximum atomic E-state index is 3.69. The van der Waals surface area contributed by atoms with Crippen LogP contribution in [0.2, 0.25) is 0 Å². The normalized spacial score (nSPS) is 26.1. The first-order valence-corrected chi connectivity index (χ1v) is 12.8. The molecule has 0 bridgehead atoms. The van der Waals surface area contributed by atoms with Crippen molar-refractivity contribution in [2.24, 2.45) is 0 Å². The standard InChI is InChI=1S/C24H50N4/c1-2-4-6-8-10-14-24(15-11-9-7-5-3-1)28-22-13-18-26-20-19-25-16-12-17-27-21-23-28/h24-27H,1-23H2. The highest BCUT2D eigenvalue weighted by Crippen LogP contribution is 2.20. The predicted octanol–water partition coefficient (Wildman–Crippen LogP) is 4.30. The molecule has 2 aliphatic rings. The van der Waals surface area contributed by atoms with E-state index in [1.807, 2.05) is 0 Å². The summed E-state index contributed by atoms with van der Waals surface area (Å²) >= 11 is 0. The lowest BCUT2D eigenvalue weighted by molar-refractivity contribution is 0.168. The molecule has 0 spiro atoms. The maximum Gasteiger partial charge on any atom is 0.0110 e. The summed E-state index contributed by atoms with van der Waals surface area (Å²) in [7, 11) is 0. The van der Waals surface area contributed by atoms with Crippen molar-refractivity contribution in [3.63, 3.8) is 0 Å². The van der Waals surface area contributed by atoms with E-state index in [2.05, 4.69) is 20.9 Å². The Hall–Kier alpha value is -0.160. The van der Waals surface area contributed by atoms with Crippen LogP contribution in [0.25, 0.3) is 0 Å². The molecular weight excluding hydrogens is 344 g/mol. The molecule has 2 rings (SSSR count). The Balaban J connectivity index is 1.82. The molecule has 1 heterocycles. The van der Waals surface area contributed by atoms with E-state index >= 15 is 0 Å². The van der Waals surface area contributed by atoms with Crippen molar-refractivity contribution in [1.82, 2.24) is 20.9 Å². The van der Waals surface area contributed by atoms with Gasteiger partial charge in [-0.3, -0.25) is 4.90 Å². The molecule has 0 unspecified atom stereocenters. The third-order valence-corrected chi connectivity index (χ3v) is 6.65. The molecule has 2 fully saturated rings. The molecule has 166 valence electrons. The minimum Gasteiger partial charge on any atom is -0.315 e. The molecular formula is C24H50N4. The van der Waals surface area contributed by atoms with Crippen LogP contribution in [-0.2, 0) is 0 Å². The zero-order valence-corrected chi connectivity index (χ0v) is 18.8. The average molecular weight is 395 g/mol. The van der Waals surface area contributed by atoms with Crippen molar-refractivity contribution in [3.05, 3.63) is 0 Å². The summed E-state index contributed by atoms with van der Waals surface area (Å²) in [6.45, 7) is 9.33. The molecule has 3 N–H and O–H groups in total. The van der Waals surface area contributed by atoms with Crippen LogP contribution in [0.1, 0.15) is 96.3 Å². The van der Waals surface area contributed by atoms with Gasteiger partial charge < -0.3 is 16.0 Å². The van der Waals surface area contributed by atoms with Gasteiger partial charge in [0.15, 0.2) is 0 Å². The van der Waals surface area contributed by atoms with E-state index in [9.17, 15) is 0 Å². The lowest BCUT2D eigenvalue weighted by atomic mass is 9.97. The van der Waals surface area contributed by atoms with Crippen molar-refractivity contribution in [2.75, 3.05) is 52.4 Å². The van der Waals surface area contributed by atoms with Gasteiger partial charge in [-0.1, -0.05) is 70.6 Å². The fourth-order valence-electron chi connectivity index (χ4n) is 4.86. The van der Waals surface area contributed by atoms with Gasteiger partial charge in [-0.2, -0.15) is 0 Å². The van der Waals surface area contributed by atoms with Crippen molar-refractivity contribution in [3.8, 4) is 0 Å². The second kappa shape index (κ2) is 17.7. The first-order chi connectivity index (χ1) is 14.0. The zero-order valence-electron chi connectivity index (χ0n) is 18.8. The molecule has 0 amide bonds. The maximum absolute atomic E-state index is 3.69. The SMILES string of the molecule is C1CCCCCCC(N2CCCNCCNCCCNCC2)CCCCCC1. The number of nitrogens with one attached hydrogen (secondary N) is 3. The first kappa shape index (κ1) is 24.1. The van der Waals surface area contributed by atoms with Crippen LogP contribution in [0, 0.1) is 0 Å². The quantitative estimate of drug-likeness (QED) is 0.620. The molecule has 28 heavy (non-hydrogen) atoms. The van der Waals surface area contributed by atoms with Crippen LogP contribution in [-0.4, -0.2) is 63.3 Å². The third-order valence-electron chi connectivity index (χ3n) is 6.65. The zero-order chi connectivity index (χ0) is 19.5. The molecule has 0 radical (unpaired) electrons. The summed E-state index contributed by atoms with van der Waals surface area (Å²) in [5.41, 5.74) is 0. The summed E-state index contributed by atoms with van der Waals surface area (Å²) in [5.74, 6) is 0. The Kier molecular flexibility index (Phi) is 15.2.